The largest absolute Gasteiger partial charge is 0.473 e. The summed E-state index contributed by atoms with van der Waals surface area (Å²) in [6, 6.07) is 0. The Kier molecular flexibility index (Phi) is 1.34. The lowest BCUT2D eigenvalue weighted by atomic mass is 10.8. The van der Waals surface area contributed by atoms with Crippen molar-refractivity contribution in [3.63, 3.8) is 0 Å². The van der Waals surface area contributed by atoms with E-state index in [-0.39, 0.29) is 0 Å². The minimum Gasteiger partial charge on any atom is -0.473 e. The number of nitrogens with zero attached hydrogens (tertiary/aromatic N) is 1. The number of ether oxygens (including phenoxy) is 1. The molecule has 44 valence electrons. The van der Waals surface area contributed by atoms with Crippen LogP contribution in [0.25, 0.3) is 0 Å². The Labute approximate surface area is 51.1 Å². The molecule has 0 saturated carbocycles. The average molecular weight is 130 g/mol. The van der Waals surface area contributed by atoms with Crippen molar-refractivity contribution in [2.75, 3.05) is 12.8 Å². The van der Waals surface area contributed by atoms with Crippen molar-refractivity contribution < 1.29 is 4.74 Å². The predicted octanol–water partition coefficient (Wildman–Crippen LogP) is 0.734. The van der Waals surface area contributed by atoms with E-state index in [1.54, 1.807) is 12.5 Å². The Morgan fingerprint density at radius 2 is 2.62 bits per heavy atom. The molecular weight excluding hydrogens is 124 g/mol. The van der Waals surface area contributed by atoms with Gasteiger partial charge in [0.1, 0.15) is 5.82 Å². The molecule has 1 rings (SSSR count). The first-order chi connectivity index (χ1) is 3.83. The van der Waals surface area contributed by atoms with Crippen molar-refractivity contribution in [3.8, 4) is 5.19 Å². The Balaban J connectivity index is 2.84. The van der Waals surface area contributed by atoms with Crippen LogP contribution >= 0.6 is 11.3 Å². The van der Waals surface area contributed by atoms with Crippen LogP contribution in [0.3, 0.4) is 0 Å². The lowest BCUT2D eigenvalue weighted by Gasteiger charge is -1.85. The molecule has 1 aromatic rings. The Morgan fingerprint density at radius 3 is 2.88 bits per heavy atom. The summed E-state index contributed by atoms with van der Waals surface area (Å²) >= 11 is 1.39. The maximum absolute atomic E-state index is 5.27. The van der Waals surface area contributed by atoms with Gasteiger partial charge in [-0.2, -0.15) is 4.98 Å². The molecule has 1 heterocycles. The van der Waals surface area contributed by atoms with Crippen LogP contribution in [0, 0.1) is 0 Å². The summed E-state index contributed by atoms with van der Waals surface area (Å²) in [5.41, 5.74) is 5.27. The van der Waals surface area contributed by atoms with Gasteiger partial charge in [-0.1, -0.05) is 11.3 Å². The summed E-state index contributed by atoms with van der Waals surface area (Å²) in [5, 5.41) is 2.35. The molecule has 0 spiro atoms. The van der Waals surface area contributed by atoms with E-state index in [0.29, 0.717) is 11.0 Å². The molecule has 4 heteroatoms. The topological polar surface area (TPSA) is 48.1 Å². The molecule has 0 aromatic carbocycles. The highest BCUT2D eigenvalue weighted by molar-refractivity contribution is 7.11. The van der Waals surface area contributed by atoms with Gasteiger partial charge in [0.2, 0.25) is 0 Å². The molecule has 0 saturated heterocycles. The highest BCUT2D eigenvalue weighted by Gasteiger charge is 1.93. The summed E-state index contributed by atoms with van der Waals surface area (Å²) in [4.78, 5) is 3.80. The van der Waals surface area contributed by atoms with Crippen LogP contribution in [-0.2, 0) is 0 Å². The number of rotatable bonds is 1. The summed E-state index contributed by atoms with van der Waals surface area (Å²) < 4.78 is 4.76. The van der Waals surface area contributed by atoms with Crippen LogP contribution in [0.2, 0.25) is 0 Å². The quantitative estimate of drug-likeness (QED) is 0.609. The second kappa shape index (κ2) is 2.00. The van der Waals surface area contributed by atoms with E-state index in [1.807, 2.05) is 0 Å². The van der Waals surface area contributed by atoms with Crippen molar-refractivity contribution in [3.05, 3.63) is 5.38 Å². The van der Waals surface area contributed by atoms with Gasteiger partial charge >= 0.3 is 0 Å². The Morgan fingerprint density at radius 1 is 1.88 bits per heavy atom. The van der Waals surface area contributed by atoms with Crippen LogP contribution in [0.1, 0.15) is 0 Å². The smallest absolute Gasteiger partial charge is 0.274 e. The second-order valence-corrected chi connectivity index (χ2v) is 2.06. The molecule has 0 aliphatic heterocycles. The molecule has 2 N–H and O–H groups in total. The number of thiazole rings is 1. The van der Waals surface area contributed by atoms with Gasteiger partial charge in [0, 0.05) is 5.38 Å². The van der Waals surface area contributed by atoms with Gasteiger partial charge < -0.3 is 10.5 Å². The van der Waals surface area contributed by atoms with E-state index in [2.05, 4.69) is 4.98 Å². The van der Waals surface area contributed by atoms with Gasteiger partial charge in [0.05, 0.1) is 7.11 Å². The van der Waals surface area contributed by atoms with E-state index >= 15 is 0 Å². The number of methoxy groups -OCH3 is 1. The van der Waals surface area contributed by atoms with Crippen molar-refractivity contribution in [1.82, 2.24) is 4.98 Å². The summed E-state index contributed by atoms with van der Waals surface area (Å²) in [7, 11) is 1.57. The van der Waals surface area contributed by atoms with Crippen LogP contribution in [0.5, 0.6) is 5.19 Å². The molecule has 0 amide bonds. The SMILES string of the molecule is COc1nc(N)cs1. The number of hydrogen-bond acceptors (Lipinski definition) is 4. The molecule has 8 heavy (non-hydrogen) atoms. The summed E-state index contributed by atoms with van der Waals surface area (Å²) in [6.45, 7) is 0. The van der Waals surface area contributed by atoms with E-state index in [0.717, 1.165) is 0 Å². The summed E-state index contributed by atoms with van der Waals surface area (Å²) in [5.74, 6) is 0.520. The third-order valence-electron chi connectivity index (χ3n) is 0.675. The van der Waals surface area contributed by atoms with E-state index in [9.17, 15) is 0 Å². The fourth-order valence-corrected chi connectivity index (χ4v) is 0.891. The molecule has 0 fully saturated rings. The lowest BCUT2D eigenvalue weighted by molar-refractivity contribution is 0.412. The third kappa shape index (κ3) is 0.894. The zero-order valence-corrected chi connectivity index (χ0v) is 5.23. The number of nitrogen functional groups attached to an aromatic ring is 1. The van der Waals surface area contributed by atoms with E-state index in [4.69, 9.17) is 10.5 Å². The van der Waals surface area contributed by atoms with Gasteiger partial charge in [0.15, 0.2) is 0 Å². The molecule has 1 aromatic heterocycles. The molecule has 0 radical (unpaired) electrons. The van der Waals surface area contributed by atoms with Crippen molar-refractivity contribution in [1.29, 1.82) is 0 Å². The van der Waals surface area contributed by atoms with Crippen LogP contribution < -0.4 is 10.5 Å². The fraction of sp³-hybridized carbons (Fsp3) is 0.250. The molecule has 0 bridgehead atoms. The zero-order chi connectivity index (χ0) is 5.98. The standard InChI is InChI=1S/C4H6N2OS/c1-7-4-6-3(5)2-8-4/h2H,5H2,1H3. The van der Waals surface area contributed by atoms with Crippen LogP contribution in [-0.4, -0.2) is 12.1 Å². The predicted molar refractivity (Wildman–Crippen MR) is 33.1 cm³/mol. The Hall–Kier alpha value is -0.770. The molecule has 3 nitrogen and oxygen atoms in total. The third-order valence-corrected chi connectivity index (χ3v) is 1.49. The highest BCUT2D eigenvalue weighted by atomic mass is 32.1. The zero-order valence-electron chi connectivity index (χ0n) is 4.42. The fourth-order valence-electron chi connectivity index (χ4n) is 0.363. The van der Waals surface area contributed by atoms with Crippen molar-refractivity contribution >= 4 is 17.2 Å². The maximum atomic E-state index is 5.27. The van der Waals surface area contributed by atoms with Crippen LogP contribution in [0.15, 0.2) is 5.38 Å². The first kappa shape index (κ1) is 5.37. The first-order valence-corrected chi connectivity index (χ1v) is 2.96. The minimum atomic E-state index is 0.520. The van der Waals surface area contributed by atoms with E-state index in [1.165, 1.54) is 11.3 Å². The minimum absolute atomic E-state index is 0.520. The van der Waals surface area contributed by atoms with Gasteiger partial charge in [-0.15, -0.1) is 0 Å². The van der Waals surface area contributed by atoms with Crippen molar-refractivity contribution in [2.24, 2.45) is 0 Å². The van der Waals surface area contributed by atoms with Gasteiger partial charge in [0.25, 0.3) is 5.19 Å². The molecule has 0 aliphatic carbocycles. The van der Waals surface area contributed by atoms with Crippen molar-refractivity contribution in [2.45, 2.75) is 0 Å². The average Bonchev–Trinajstić information content (AvgIpc) is 2.14. The normalized spacial score (nSPS) is 9.12. The second-order valence-electron chi connectivity index (χ2n) is 1.24. The van der Waals surface area contributed by atoms with E-state index < -0.39 is 0 Å². The maximum Gasteiger partial charge on any atom is 0.274 e. The Bertz CT molecular complexity index is 174. The number of aromatic nitrogens is 1. The molecule has 0 atom stereocenters. The monoisotopic (exact) mass is 130 g/mol. The lowest BCUT2D eigenvalue weighted by Crippen LogP contribution is -1.84. The molecular formula is C4H6N2OS. The van der Waals surface area contributed by atoms with Gasteiger partial charge in [-0.05, 0) is 0 Å². The first-order valence-electron chi connectivity index (χ1n) is 2.08. The number of anilines is 1. The molecule has 0 unspecified atom stereocenters. The number of hydrogen-bond donors (Lipinski definition) is 1. The highest BCUT2D eigenvalue weighted by Crippen LogP contribution is 2.17. The van der Waals surface area contributed by atoms with Crippen LogP contribution in [0.4, 0.5) is 5.82 Å². The number of nitrogens with two attached hydrogens (primary N) is 1. The summed E-state index contributed by atoms with van der Waals surface area (Å²) in [6.07, 6.45) is 0. The van der Waals surface area contributed by atoms with Gasteiger partial charge in [-0.3, -0.25) is 0 Å². The van der Waals surface area contributed by atoms with Gasteiger partial charge in [-0.25, -0.2) is 0 Å². The molecule has 0 aliphatic rings.